The van der Waals surface area contributed by atoms with Crippen molar-refractivity contribution >= 4 is 23.7 Å². The van der Waals surface area contributed by atoms with Crippen LogP contribution in [-0.2, 0) is 16.6 Å². The number of aromatic nitrogens is 2. The van der Waals surface area contributed by atoms with Crippen LogP contribution in [0.1, 0.15) is 53.7 Å². The van der Waals surface area contributed by atoms with Crippen LogP contribution in [0, 0.1) is 0 Å². The van der Waals surface area contributed by atoms with Crippen LogP contribution < -0.4 is 10.6 Å². The van der Waals surface area contributed by atoms with Gasteiger partial charge in [-0.1, -0.05) is 61.9 Å². The Balaban J connectivity index is 1.44. The zero-order valence-corrected chi connectivity index (χ0v) is 19.7. The molecule has 2 amide bonds. The van der Waals surface area contributed by atoms with Gasteiger partial charge in [-0.3, -0.25) is 19.6 Å². The Kier molecular flexibility index (Phi) is 7.14. The minimum atomic E-state index is -0.995. The van der Waals surface area contributed by atoms with Gasteiger partial charge in [0.2, 0.25) is 0 Å². The van der Waals surface area contributed by atoms with Gasteiger partial charge in [-0.25, -0.2) is 4.79 Å². The molecule has 0 bridgehead atoms. The fourth-order valence-corrected chi connectivity index (χ4v) is 4.58. The molecule has 0 saturated heterocycles. The topological polar surface area (TPSA) is 123 Å². The first-order valence-corrected chi connectivity index (χ1v) is 11.6. The number of amides is 2. The highest BCUT2D eigenvalue weighted by Gasteiger charge is 2.29. The molecule has 0 unspecified atom stereocenters. The number of benzene rings is 2. The standard InChI is InChI=1S/C26H28N4O5/c1-3-8-16(13-23(31)32)28-25(33)24-22(14-27-30(24)2)29-26(34)35-15-21-19-11-6-4-9-17(19)18-10-5-7-12-20(18)21/h4-7,9-12,14,16,21H,3,8,13,15H2,1-2H3,(H,28,33)(H,29,34)(H,31,32)/t16-/m0/s1. The van der Waals surface area contributed by atoms with Crippen molar-refractivity contribution in [2.24, 2.45) is 7.05 Å². The van der Waals surface area contributed by atoms with Crippen molar-refractivity contribution in [3.8, 4) is 11.1 Å². The van der Waals surface area contributed by atoms with Gasteiger partial charge < -0.3 is 15.2 Å². The maximum absolute atomic E-state index is 12.9. The number of anilines is 1. The molecule has 9 nitrogen and oxygen atoms in total. The van der Waals surface area contributed by atoms with E-state index in [1.165, 1.54) is 10.9 Å². The van der Waals surface area contributed by atoms with E-state index in [1.54, 1.807) is 7.05 Å². The monoisotopic (exact) mass is 476 g/mol. The number of carbonyl (C=O) groups is 3. The number of aliphatic carboxylic acids is 1. The number of carboxylic acid groups (broad SMARTS) is 1. The van der Waals surface area contributed by atoms with Crippen LogP contribution in [0.25, 0.3) is 11.1 Å². The Morgan fingerprint density at radius 2 is 1.71 bits per heavy atom. The van der Waals surface area contributed by atoms with E-state index in [-0.39, 0.29) is 30.3 Å². The van der Waals surface area contributed by atoms with E-state index in [0.717, 1.165) is 22.3 Å². The van der Waals surface area contributed by atoms with Crippen molar-refractivity contribution in [1.82, 2.24) is 15.1 Å². The van der Waals surface area contributed by atoms with Gasteiger partial charge in [0.1, 0.15) is 12.3 Å². The van der Waals surface area contributed by atoms with Crippen LogP contribution in [0.5, 0.6) is 0 Å². The zero-order chi connectivity index (χ0) is 24.9. The molecule has 35 heavy (non-hydrogen) atoms. The molecule has 3 aromatic rings. The third kappa shape index (κ3) is 5.18. The molecular formula is C26H28N4O5. The summed E-state index contributed by atoms with van der Waals surface area (Å²) in [5.41, 5.74) is 4.77. The number of carbonyl (C=O) groups excluding carboxylic acids is 2. The number of aryl methyl sites for hydroxylation is 1. The summed E-state index contributed by atoms with van der Waals surface area (Å²) in [6.07, 6.45) is 1.71. The highest BCUT2D eigenvalue weighted by Crippen LogP contribution is 2.44. The second-order valence-corrected chi connectivity index (χ2v) is 8.54. The molecule has 0 saturated carbocycles. The minimum Gasteiger partial charge on any atom is -0.481 e. The number of rotatable bonds is 9. The molecule has 0 aliphatic heterocycles. The number of hydrogen-bond acceptors (Lipinski definition) is 5. The molecule has 4 rings (SSSR count). The molecular weight excluding hydrogens is 448 g/mol. The summed E-state index contributed by atoms with van der Waals surface area (Å²) in [6, 6.07) is 15.6. The summed E-state index contributed by atoms with van der Waals surface area (Å²) in [7, 11) is 1.57. The second kappa shape index (κ2) is 10.4. The van der Waals surface area contributed by atoms with E-state index in [0.29, 0.717) is 12.8 Å². The number of nitrogens with one attached hydrogen (secondary N) is 2. The van der Waals surface area contributed by atoms with Crippen LogP contribution in [0.2, 0.25) is 0 Å². The largest absolute Gasteiger partial charge is 0.481 e. The lowest BCUT2D eigenvalue weighted by Gasteiger charge is -2.17. The quantitative estimate of drug-likeness (QED) is 0.426. The van der Waals surface area contributed by atoms with Gasteiger partial charge in [-0.2, -0.15) is 5.10 Å². The predicted octanol–water partition coefficient (Wildman–Crippen LogP) is 4.15. The lowest BCUT2D eigenvalue weighted by atomic mass is 9.98. The Morgan fingerprint density at radius 1 is 1.09 bits per heavy atom. The average Bonchev–Trinajstić information content (AvgIpc) is 3.35. The summed E-state index contributed by atoms with van der Waals surface area (Å²) in [6.45, 7) is 2.05. The Morgan fingerprint density at radius 3 is 2.31 bits per heavy atom. The molecule has 3 N–H and O–H groups in total. The molecule has 1 aliphatic rings. The fraction of sp³-hybridized carbons (Fsp3) is 0.308. The van der Waals surface area contributed by atoms with Crippen molar-refractivity contribution in [3.05, 3.63) is 71.5 Å². The van der Waals surface area contributed by atoms with Crippen molar-refractivity contribution < 1.29 is 24.2 Å². The van der Waals surface area contributed by atoms with E-state index >= 15 is 0 Å². The van der Waals surface area contributed by atoms with Crippen molar-refractivity contribution in [2.75, 3.05) is 11.9 Å². The minimum absolute atomic E-state index is 0.0874. The molecule has 1 atom stereocenters. The van der Waals surface area contributed by atoms with Crippen LogP contribution in [0.15, 0.2) is 54.7 Å². The average molecular weight is 477 g/mol. The van der Waals surface area contributed by atoms with Gasteiger partial charge in [0.05, 0.1) is 18.3 Å². The molecule has 1 aromatic heterocycles. The van der Waals surface area contributed by atoms with Crippen LogP contribution in [0.3, 0.4) is 0 Å². The Hall–Kier alpha value is -4.14. The lowest BCUT2D eigenvalue weighted by molar-refractivity contribution is -0.137. The van der Waals surface area contributed by atoms with E-state index in [2.05, 4.69) is 27.9 Å². The predicted molar refractivity (Wildman–Crippen MR) is 130 cm³/mol. The third-order valence-electron chi connectivity index (χ3n) is 6.13. The summed E-state index contributed by atoms with van der Waals surface area (Å²) in [4.78, 5) is 36.7. The second-order valence-electron chi connectivity index (χ2n) is 8.54. The Labute approximate surface area is 203 Å². The van der Waals surface area contributed by atoms with Crippen molar-refractivity contribution in [2.45, 2.75) is 38.1 Å². The highest BCUT2D eigenvalue weighted by molar-refractivity contribution is 6.01. The number of ether oxygens (including phenoxy) is 1. The Bertz CT molecular complexity index is 1210. The molecule has 1 aliphatic carbocycles. The maximum Gasteiger partial charge on any atom is 0.411 e. The van der Waals surface area contributed by atoms with Gasteiger partial charge >= 0.3 is 12.1 Å². The summed E-state index contributed by atoms with van der Waals surface area (Å²) in [5, 5.41) is 18.5. The molecule has 0 radical (unpaired) electrons. The van der Waals surface area contributed by atoms with Crippen LogP contribution in [0.4, 0.5) is 10.5 Å². The SMILES string of the molecule is CCC[C@@H](CC(=O)O)NC(=O)c1c(NC(=O)OCC2c3ccccc3-c3ccccc32)cnn1C. The number of nitrogens with zero attached hydrogens (tertiary/aromatic N) is 2. The summed E-state index contributed by atoms with van der Waals surface area (Å²) in [5.74, 6) is -1.60. The van der Waals surface area contributed by atoms with Gasteiger partial charge in [0, 0.05) is 19.0 Å². The molecule has 2 aromatic carbocycles. The van der Waals surface area contributed by atoms with E-state index in [4.69, 9.17) is 9.84 Å². The van der Waals surface area contributed by atoms with Crippen LogP contribution >= 0.6 is 0 Å². The maximum atomic E-state index is 12.9. The summed E-state index contributed by atoms with van der Waals surface area (Å²) >= 11 is 0. The van der Waals surface area contributed by atoms with Crippen molar-refractivity contribution in [3.63, 3.8) is 0 Å². The first-order chi connectivity index (χ1) is 16.9. The number of fused-ring (bicyclic) bond motifs is 3. The molecule has 0 spiro atoms. The number of hydrogen-bond donors (Lipinski definition) is 3. The van der Waals surface area contributed by atoms with E-state index in [1.807, 2.05) is 43.3 Å². The normalized spacial score (nSPS) is 13.0. The third-order valence-corrected chi connectivity index (χ3v) is 6.13. The molecule has 182 valence electrons. The smallest absolute Gasteiger partial charge is 0.411 e. The van der Waals surface area contributed by atoms with Crippen LogP contribution in [-0.4, -0.2) is 45.5 Å². The molecule has 9 heteroatoms. The van der Waals surface area contributed by atoms with E-state index < -0.39 is 24.0 Å². The molecule has 0 fully saturated rings. The van der Waals surface area contributed by atoms with E-state index in [9.17, 15) is 14.4 Å². The first-order valence-electron chi connectivity index (χ1n) is 11.6. The van der Waals surface area contributed by atoms with Gasteiger partial charge in [-0.05, 0) is 28.7 Å². The first kappa shape index (κ1) is 24.0. The molecule has 1 heterocycles. The zero-order valence-electron chi connectivity index (χ0n) is 19.7. The van der Waals surface area contributed by atoms with Gasteiger partial charge in [0.15, 0.2) is 0 Å². The van der Waals surface area contributed by atoms with Gasteiger partial charge in [-0.15, -0.1) is 0 Å². The fourth-order valence-electron chi connectivity index (χ4n) is 4.58. The van der Waals surface area contributed by atoms with Gasteiger partial charge in [0.25, 0.3) is 5.91 Å². The lowest BCUT2D eigenvalue weighted by Crippen LogP contribution is -2.37. The number of carboxylic acids is 1. The highest BCUT2D eigenvalue weighted by atomic mass is 16.5. The summed E-state index contributed by atoms with van der Waals surface area (Å²) < 4.78 is 6.89. The van der Waals surface area contributed by atoms with Crippen molar-refractivity contribution in [1.29, 1.82) is 0 Å².